The van der Waals surface area contributed by atoms with Crippen molar-refractivity contribution >= 4 is 5.91 Å². The molecular weight excluding hydrogens is 302 g/mol. The summed E-state index contributed by atoms with van der Waals surface area (Å²) in [6.07, 6.45) is 4.62. The van der Waals surface area contributed by atoms with E-state index in [1.165, 1.54) is 0 Å². The molecule has 24 heavy (non-hydrogen) atoms. The van der Waals surface area contributed by atoms with E-state index < -0.39 is 0 Å². The fourth-order valence-corrected chi connectivity index (χ4v) is 3.36. The molecule has 3 rings (SSSR count). The summed E-state index contributed by atoms with van der Waals surface area (Å²) in [5, 5.41) is 22.4. The highest BCUT2D eigenvalue weighted by Gasteiger charge is 2.24. The van der Waals surface area contributed by atoms with E-state index in [1.54, 1.807) is 18.2 Å². The predicted octanol–water partition coefficient (Wildman–Crippen LogP) is 3.09. The molecule has 4 nitrogen and oxygen atoms in total. The molecule has 0 radical (unpaired) electrons. The molecule has 1 aliphatic rings. The van der Waals surface area contributed by atoms with Crippen molar-refractivity contribution in [3.05, 3.63) is 59.2 Å². The number of nitrogens with one attached hydrogen (secondary N) is 1. The number of benzene rings is 2. The standard InChI is InChI=1S/C20H23NO3/c22-17-8-3-6-14(11-17)5-1-2-10-20(24)21-16-12-15-7-4-9-19(23)18(15)13-16/h3-4,6-9,11,16,22-23H,1-2,5,10,12-13H2,(H,21,24). The summed E-state index contributed by atoms with van der Waals surface area (Å²) < 4.78 is 0. The van der Waals surface area contributed by atoms with Crippen LogP contribution in [0.2, 0.25) is 0 Å². The molecule has 0 saturated carbocycles. The van der Waals surface area contributed by atoms with Crippen molar-refractivity contribution in [1.29, 1.82) is 0 Å². The molecule has 2 aromatic carbocycles. The minimum absolute atomic E-state index is 0.0724. The zero-order valence-corrected chi connectivity index (χ0v) is 13.7. The van der Waals surface area contributed by atoms with Crippen LogP contribution in [0.4, 0.5) is 0 Å². The van der Waals surface area contributed by atoms with Crippen LogP contribution in [-0.4, -0.2) is 22.2 Å². The highest BCUT2D eigenvalue weighted by molar-refractivity contribution is 5.76. The third-order valence-corrected chi connectivity index (χ3v) is 4.56. The summed E-state index contributed by atoms with van der Waals surface area (Å²) in [5.41, 5.74) is 3.19. The topological polar surface area (TPSA) is 69.6 Å². The Hall–Kier alpha value is -2.49. The molecule has 0 heterocycles. The lowest BCUT2D eigenvalue weighted by atomic mass is 10.1. The molecule has 4 heteroatoms. The summed E-state index contributed by atoms with van der Waals surface area (Å²) in [5.74, 6) is 0.688. The summed E-state index contributed by atoms with van der Waals surface area (Å²) in [6.45, 7) is 0. The monoisotopic (exact) mass is 325 g/mol. The van der Waals surface area contributed by atoms with Crippen molar-refractivity contribution in [2.75, 3.05) is 0 Å². The van der Waals surface area contributed by atoms with Gasteiger partial charge >= 0.3 is 0 Å². The summed E-state index contributed by atoms with van der Waals surface area (Å²) >= 11 is 0. The van der Waals surface area contributed by atoms with E-state index in [1.807, 2.05) is 24.3 Å². The first kappa shape index (κ1) is 16.4. The van der Waals surface area contributed by atoms with Gasteiger partial charge in [-0.3, -0.25) is 4.79 Å². The molecule has 0 fully saturated rings. The molecule has 0 spiro atoms. The lowest BCUT2D eigenvalue weighted by Gasteiger charge is -2.12. The number of hydrogen-bond donors (Lipinski definition) is 3. The van der Waals surface area contributed by atoms with Gasteiger partial charge in [-0.05, 0) is 67.0 Å². The van der Waals surface area contributed by atoms with Gasteiger partial charge in [0, 0.05) is 12.5 Å². The Morgan fingerprint density at radius 1 is 1.08 bits per heavy atom. The molecule has 0 aromatic heterocycles. The Kier molecular flexibility index (Phi) is 5.04. The molecule has 2 aromatic rings. The number of rotatable bonds is 6. The van der Waals surface area contributed by atoms with Crippen LogP contribution in [0.3, 0.4) is 0 Å². The van der Waals surface area contributed by atoms with E-state index in [4.69, 9.17) is 0 Å². The Bertz CT molecular complexity index is 727. The van der Waals surface area contributed by atoms with Crippen LogP contribution in [0, 0.1) is 0 Å². The van der Waals surface area contributed by atoms with E-state index in [9.17, 15) is 15.0 Å². The number of aryl methyl sites for hydroxylation is 1. The molecule has 126 valence electrons. The molecule has 0 saturated heterocycles. The van der Waals surface area contributed by atoms with Crippen molar-refractivity contribution in [3.63, 3.8) is 0 Å². The molecule has 1 aliphatic carbocycles. The fraction of sp³-hybridized carbons (Fsp3) is 0.350. The van der Waals surface area contributed by atoms with Crippen molar-refractivity contribution in [1.82, 2.24) is 5.32 Å². The van der Waals surface area contributed by atoms with Crippen LogP contribution in [-0.2, 0) is 24.1 Å². The highest BCUT2D eigenvalue weighted by Crippen LogP contribution is 2.29. The van der Waals surface area contributed by atoms with E-state index in [0.717, 1.165) is 42.4 Å². The zero-order valence-electron chi connectivity index (χ0n) is 13.7. The quantitative estimate of drug-likeness (QED) is 0.715. The van der Waals surface area contributed by atoms with E-state index in [0.29, 0.717) is 18.6 Å². The Morgan fingerprint density at radius 3 is 2.71 bits per heavy atom. The van der Waals surface area contributed by atoms with Crippen LogP contribution in [0.15, 0.2) is 42.5 Å². The van der Waals surface area contributed by atoms with Gasteiger partial charge in [-0.15, -0.1) is 0 Å². The average Bonchev–Trinajstić information content (AvgIpc) is 2.95. The number of aromatic hydroxyl groups is 2. The number of carbonyl (C=O) groups is 1. The van der Waals surface area contributed by atoms with Crippen LogP contribution >= 0.6 is 0 Å². The average molecular weight is 325 g/mol. The van der Waals surface area contributed by atoms with Crippen molar-refractivity contribution in [3.8, 4) is 11.5 Å². The third kappa shape index (κ3) is 4.07. The number of amides is 1. The Labute approximate surface area is 142 Å². The maximum Gasteiger partial charge on any atom is 0.220 e. The van der Waals surface area contributed by atoms with Gasteiger partial charge in [0.05, 0.1) is 0 Å². The maximum absolute atomic E-state index is 12.1. The Morgan fingerprint density at radius 2 is 1.92 bits per heavy atom. The molecule has 1 atom stereocenters. The van der Waals surface area contributed by atoms with Gasteiger partial charge in [-0.2, -0.15) is 0 Å². The lowest BCUT2D eigenvalue weighted by Crippen LogP contribution is -2.35. The first-order valence-electron chi connectivity index (χ1n) is 8.49. The summed E-state index contributed by atoms with van der Waals surface area (Å²) in [7, 11) is 0. The van der Waals surface area contributed by atoms with Crippen LogP contribution < -0.4 is 5.32 Å². The van der Waals surface area contributed by atoms with Crippen molar-refractivity contribution < 1.29 is 15.0 Å². The predicted molar refractivity (Wildman–Crippen MR) is 93.1 cm³/mol. The minimum Gasteiger partial charge on any atom is -0.508 e. The first-order chi connectivity index (χ1) is 11.6. The number of hydrogen-bond acceptors (Lipinski definition) is 3. The fourth-order valence-electron chi connectivity index (χ4n) is 3.36. The van der Waals surface area contributed by atoms with Crippen LogP contribution in [0.1, 0.15) is 36.0 Å². The van der Waals surface area contributed by atoms with Crippen LogP contribution in [0.5, 0.6) is 11.5 Å². The SMILES string of the molecule is O=C(CCCCc1cccc(O)c1)NC1Cc2cccc(O)c2C1. The molecule has 1 unspecified atom stereocenters. The summed E-state index contributed by atoms with van der Waals surface area (Å²) in [4.78, 5) is 12.1. The Balaban J connectivity index is 1.39. The normalized spacial score (nSPS) is 15.9. The largest absolute Gasteiger partial charge is 0.508 e. The molecule has 3 N–H and O–H groups in total. The van der Waals surface area contributed by atoms with E-state index in [2.05, 4.69) is 5.32 Å². The second-order valence-corrected chi connectivity index (χ2v) is 6.46. The maximum atomic E-state index is 12.1. The van der Waals surface area contributed by atoms with Gasteiger partial charge < -0.3 is 15.5 Å². The number of fused-ring (bicyclic) bond motifs is 1. The molecule has 1 amide bonds. The van der Waals surface area contributed by atoms with Gasteiger partial charge in [0.15, 0.2) is 0 Å². The lowest BCUT2D eigenvalue weighted by molar-refractivity contribution is -0.121. The van der Waals surface area contributed by atoms with E-state index >= 15 is 0 Å². The van der Waals surface area contributed by atoms with Gasteiger partial charge in [-0.25, -0.2) is 0 Å². The smallest absolute Gasteiger partial charge is 0.220 e. The van der Waals surface area contributed by atoms with Gasteiger partial charge in [-0.1, -0.05) is 24.3 Å². The second-order valence-electron chi connectivity index (χ2n) is 6.46. The van der Waals surface area contributed by atoms with E-state index in [-0.39, 0.29) is 17.7 Å². The first-order valence-corrected chi connectivity index (χ1v) is 8.49. The number of unbranched alkanes of at least 4 members (excludes halogenated alkanes) is 1. The van der Waals surface area contributed by atoms with Gasteiger partial charge in [0.1, 0.15) is 11.5 Å². The van der Waals surface area contributed by atoms with Crippen molar-refractivity contribution in [2.24, 2.45) is 0 Å². The third-order valence-electron chi connectivity index (χ3n) is 4.56. The zero-order chi connectivity index (χ0) is 16.9. The van der Waals surface area contributed by atoms with Gasteiger partial charge in [0.2, 0.25) is 5.91 Å². The molecule has 0 aliphatic heterocycles. The minimum atomic E-state index is 0.0724. The van der Waals surface area contributed by atoms with Gasteiger partial charge in [0.25, 0.3) is 0 Å². The second kappa shape index (κ2) is 7.39. The molecular formula is C20H23NO3. The number of phenolic OH excluding ortho intramolecular Hbond substituents is 2. The molecule has 0 bridgehead atoms. The number of carbonyl (C=O) groups excluding carboxylic acids is 1. The summed E-state index contributed by atoms with van der Waals surface area (Å²) in [6, 6.07) is 12.9. The highest BCUT2D eigenvalue weighted by atomic mass is 16.3. The van der Waals surface area contributed by atoms with Crippen LogP contribution in [0.25, 0.3) is 0 Å². The number of phenols is 2. The van der Waals surface area contributed by atoms with Crippen molar-refractivity contribution in [2.45, 2.75) is 44.6 Å².